The van der Waals surface area contributed by atoms with Gasteiger partial charge in [-0.2, -0.15) is 0 Å². The summed E-state index contributed by atoms with van der Waals surface area (Å²) in [7, 11) is 3.11. The van der Waals surface area contributed by atoms with Crippen LogP contribution in [0.2, 0.25) is 0 Å². The van der Waals surface area contributed by atoms with Crippen molar-refractivity contribution in [3.63, 3.8) is 0 Å². The second-order valence-corrected chi connectivity index (χ2v) is 6.08. The zero-order chi connectivity index (χ0) is 20.5. The molecule has 3 aromatic rings. The lowest BCUT2D eigenvalue weighted by atomic mass is 10.1. The molecule has 0 aliphatic carbocycles. The molecule has 3 aromatic carbocycles. The van der Waals surface area contributed by atoms with E-state index in [1.807, 2.05) is 42.5 Å². The summed E-state index contributed by atoms with van der Waals surface area (Å²) in [4.78, 5) is 12.1. The van der Waals surface area contributed by atoms with Gasteiger partial charge in [0, 0.05) is 11.6 Å². The van der Waals surface area contributed by atoms with Crippen molar-refractivity contribution in [1.29, 1.82) is 0 Å². The van der Waals surface area contributed by atoms with Gasteiger partial charge in [-0.15, -0.1) is 0 Å². The highest BCUT2D eigenvalue weighted by atomic mass is 16.5. The summed E-state index contributed by atoms with van der Waals surface area (Å²) in [6, 6.07) is 22.2. The number of rotatable bonds is 8. The van der Waals surface area contributed by atoms with Crippen LogP contribution in [-0.4, -0.2) is 20.2 Å². The second kappa shape index (κ2) is 9.99. The van der Waals surface area contributed by atoms with Crippen LogP contribution in [0, 0.1) is 0 Å². The molecule has 0 heterocycles. The average Bonchev–Trinajstić information content (AvgIpc) is 2.77. The number of ether oxygens (including phenoxy) is 4. The van der Waals surface area contributed by atoms with Gasteiger partial charge in [-0.1, -0.05) is 42.5 Å². The van der Waals surface area contributed by atoms with Gasteiger partial charge >= 0.3 is 5.97 Å². The molecule has 0 unspecified atom stereocenters. The predicted octanol–water partition coefficient (Wildman–Crippen LogP) is 4.90. The summed E-state index contributed by atoms with van der Waals surface area (Å²) in [6.45, 7) is 0.477. The summed E-state index contributed by atoms with van der Waals surface area (Å²) >= 11 is 0. The van der Waals surface area contributed by atoms with Crippen LogP contribution in [0.25, 0.3) is 6.08 Å². The molecule has 0 saturated carbocycles. The molecule has 5 heteroatoms. The summed E-state index contributed by atoms with van der Waals surface area (Å²) in [5.74, 6) is 1.79. The second-order valence-electron chi connectivity index (χ2n) is 6.08. The van der Waals surface area contributed by atoms with E-state index < -0.39 is 5.97 Å². The molecular weight excluding hydrogens is 368 g/mol. The Labute approximate surface area is 170 Å². The van der Waals surface area contributed by atoms with Gasteiger partial charge in [-0.05, 0) is 42.0 Å². The van der Waals surface area contributed by atoms with Crippen molar-refractivity contribution < 1.29 is 23.7 Å². The van der Waals surface area contributed by atoms with Gasteiger partial charge in [0.15, 0.2) is 11.5 Å². The number of hydrogen-bond donors (Lipinski definition) is 0. The highest BCUT2D eigenvalue weighted by Gasteiger charge is 2.08. The molecule has 0 saturated heterocycles. The molecule has 5 nitrogen and oxygen atoms in total. The molecule has 0 radical (unpaired) electrons. The van der Waals surface area contributed by atoms with E-state index in [1.54, 1.807) is 50.6 Å². The van der Waals surface area contributed by atoms with Crippen LogP contribution in [0.4, 0.5) is 0 Å². The zero-order valence-corrected chi connectivity index (χ0v) is 16.3. The maximum atomic E-state index is 12.1. The number of carbonyl (C=O) groups excluding carboxylic acids is 1. The maximum Gasteiger partial charge on any atom is 0.336 e. The van der Waals surface area contributed by atoms with Crippen LogP contribution in [0.1, 0.15) is 11.1 Å². The fourth-order valence-electron chi connectivity index (χ4n) is 2.70. The fourth-order valence-corrected chi connectivity index (χ4v) is 2.70. The summed E-state index contributed by atoms with van der Waals surface area (Å²) < 4.78 is 21.7. The molecule has 0 aromatic heterocycles. The quantitative estimate of drug-likeness (QED) is 0.311. The van der Waals surface area contributed by atoms with E-state index in [2.05, 4.69) is 0 Å². The number of esters is 1. The molecule has 0 bridgehead atoms. The third-order valence-electron chi connectivity index (χ3n) is 4.12. The Hall–Kier alpha value is -3.73. The Morgan fingerprint density at radius 3 is 2.24 bits per heavy atom. The molecule has 0 aliphatic heterocycles. The molecule has 3 rings (SSSR count). The number of hydrogen-bond acceptors (Lipinski definition) is 5. The first-order valence-corrected chi connectivity index (χ1v) is 9.07. The Morgan fingerprint density at radius 1 is 0.828 bits per heavy atom. The standard InChI is InChI=1S/C24H22O5/c1-26-22-10-6-9-19(24(22)27-2)11-16-23(25)29-21-14-12-20(13-15-21)28-17-18-7-4-3-5-8-18/h3-16H,17H2,1-2H3. The average molecular weight is 390 g/mol. The minimum atomic E-state index is -0.493. The Kier molecular flexibility index (Phi) is 6.90. The molecular formula is C24H22O5. The molecule has 148 valence electrons. The zero-order valence-electron chi connectivity index (χ0n) is 16.3. The fraction of sp³-hybridized carbons (Fsp3) is 0.125. The van der Waals surface area contributed by atoms with E-state index in [1.165, 1.54) is 6.08 Å². The minimum Gasteiger partial charge on any atom is -0.493 e. The van der Waals surface area contributed by atoms with Crippen LogP contribution in [-0.2, 0) is 11.4 Å². The van der Waals surface area contributed by atoms with Crippen LogP contribution >= 0.6 is 0 Å². The van der Waals surface area contributed by atoms with Crippen molar-refractivity contribution in [1.82, 2.24) is 0 Å². The molecule has 0 spiro atoms. The van der Waals surface area contributed by atoms with Crippen molar-refractivity contribution in [2.45, 2.75) is 6.61 Å². The third kappa shape index (κ3) is 5.62. The predicted molar refractivity (Wildman–Crippen MR) is 111 cm³/mol. The molecule has 0 aliphatic rings. The SMILES string of the molecule is COc1cccc(C=CC(=O)Oc2ccc(OCc3ccccc3)cc2)c1OC. The number of methoxy groups -OCH3 is 2. The monoisotopic (exact) mass is 390 g/mol. The van der Waals surface area contributed by atoms with Crippen molar-refractivity contribution in [3.05, 3.63) is 90.0 Å². The lowest BCUT2D eigenvalue weighted by molar-refractivity contribution is -0.128. The summed E-state index contributed by atoms with van der Waals surface area (Å²) in [5, 5.41) is 0. The normalized spacial score (nSPS) is 10.6. The van der Waals surface area contributed by atoms with Crippen molar-refractivity contribution in [3.8, 4) is 23.0 Å². The molecule has 0 atom stereocenters. The Balaban J connectivity index is 1.57. The molecule has 29 heavy (non-hydrogen) atoms. The van der Waals surface area contributed by atoms with E-state index in [0.717, 1.165) is 5.56 Å². The highest BCUT2D eigenvalue weighted by molar-refractivity contribution is 5.89. The Bertz CT molecular complexity index is 962. The smallest absolute Gasteiger partial charge is 0.336 e. The number of para-hydroxylation sites is 1. The van der Waals surface area contributed by atoms with Crippen LogP contribution in [0.15, 0.2) is 78.9 Å². The largest absolute Gasteiger partial charge is 0.493 e. The van der Waals surface area contributed by atoms with E-state index in [4.69, 9.17) is 18.9 Å². The van der Waals surface area contributed by atoms with Crippen molar-refractivity contribution in [2.24, 2.45) is 0 Å². The van der Waals surface area contributed by atoms with Crippen LogP contribution in [0.3, 0.4) is 0 Å². The lowest BCUT2D eigenvalue weighted by Gasteiger charge is -2.09. The number of carbonyl (C=O) groups is 1. The highest BCUT2D eigenvalue weighted by Crippen LogP contribution is 2.31. The number of benzene rings is 3. The van der Waals surface area contributed by atoms with Crippen molar-refractivity contribution in [2.75, 3.05) is 14.2 Å². The Morgan fingerprint density at radius 2 is 1.55 bits per heavy atom. The van der Waals surface area contributed by atoms with Gasteiger partial charge in [0.1, 0.15) is 18.1 Å². The van der Waals surface area contributed by atoms with Gasteiger partial charge in [0.25, 0.3) is 0 Å². The molecule has 0 N–H and O–H groups in total. The van der Waals surface area contributed by atoms with E-state index in [9.17, 15) is 4.79 Å². The molecule has 0 amide bonds. The van der Waals surface area contributed by atoms with E-state index in [0.29, 0.717) is 35.2 Å². The van der Waals surface area contributed by atoms with E-state index >= 15 is 0 Å². The molecule has 0 fully saturated rings. The first-order chi connectivity index (χ1) is 14.2. The van der Waals surface area contributed by atoms with Gasteiger partial charge in [0.05, 0.1) is 14.2 Å². The van der Waals surface area contributed by atoms with Gasteiger partial charge in [0.2, 0.25) is 0 Å². The third-order valence-corrected chi connectivity index (χ3v) is 4.12. The lowest BCUT2D eigenvalue weighted by Crippen LogP contribution is -2.04. The van der Waals surface area contributed by atoms with Gasteiger partial charge < -0.3 is 18.9 Å². The van der Waals surface area contributed by atoms with Crippen molar-refractivity contribution >= 4 is 12.0 Å². The topological polar surface area (TPSA) is 54.0 Å². The van der Waals surface area contributed by atoms with Crippen LogP contribution < -0.4 is 18.9 Å². The van der Waals surface area contributed by atoms with Gasteiger partial charge in [-0.3, -0.25) is 0 Å². The first kappa shape index (κ1) is 20.0. The van der Waals surface area contributed by atoms with Gasteiger partial charge in [-0.25, -0.2) is 4.79 Å². The summed E-state index contributed by atoms with van der Waals surface area (Å²) in [6.07, 6.45) is 2.97. The first-order valence-electron chi connectivity index (χ1n) is 9.07. The van der Waals surface area contributed by atoms with E-state index in [-0.39, 0.29) is 0 Å². The minimum absolute atomic E-state index is 0.435. The maximum absolute atomic E-state index is 12.1. The van der Waals surface area contributed by atoms with Crippen LogP contribution in [0.5, 0.6) is 23.0 Å². The summed E-state index contributed by atoms with van der Waals surface area (Å²) in [5.41, 5.74) is 1.80.